The molecule has 0 spiro atoms. The van der Waals surface area contributed by atoms with Gasteiger partial charge in [-0.3, -0.25) is 4.99 Å². The van der Waals surface area contributed by atoms with Crippen molar-refractivity contribution in [2.45, 2.75) is 36.4 Å². The summed E-state index contributed by atoms with van der Waals surface area (Å²) in [4.78, 5) is 8.10. The average Bonchev–Trinajstić information content (AvgIpc) is 3.20. The predicted molar refractivity (Wildman–Crippen MR) is 103 cm³/mol. The third-order valence-electron chi connectivity index (χ3n) is 4.60. The summed E-state index contributed by atoms with van der Waals surface area (Å²) in [6.45, 7) is 4.31. The fourth-order valence-corrected chi connectivity index (χ4v) is 4.17. The van der Waals surface area contributed by atoms with E-state index in [0.29, 0.717) is 0 Å². The van der Waals surface area contributed by atoms with Crippen LogP contribution >= 0.6 is 11.8 Å². The van der Waals surface area contributed by atoms with Crippen molar-refractivity contribution in [3.63, 3.8) is 0 Å². The predicted octanol–water partition coefficient (Wildman–Crippen LogP) is 2.62. The minimum atomic E-state index is 0.170. The monoisotopic (exact) mass is 363 g/mol. The van der Waals surface area contributed by atoms with E-state index in [1.165, 1.54) is 4.90 Å². The summed E-state index contributed by atoms with van der Waals surface area (Å²) in [5, 5.41) is 3.50. The minimum absolute atomic E-state index is 0.170. The highest BCUT2D eigenvalue weighted by atomic mass is 32.2. The van der Waals surface area contributed by atoms with Gasteiger partial charge in [-0.2, -0.15) is 0 Å². The Labute approximate surface area is 155 Å². The van der Waals surface area contributed by atoms with E-state index >= 15 is 0 Å². The lowest BCUT2D eigenvalue weighted by Crippen LogP contribution is -2.53. The minimum Gasteiger partial charge on any atom is -0.375 e. The third-order valence-corrected chi connectivity index (χ3v) is 5.70. The SMILES string of the molecule is CN=C(NCCCSc1ccccc1)N1CCOC(C2CCCO2)C1. The second-order valence-corrected chi connectivity index (χ2v) is 7.56. The first-order valence-corrected chi connectivity index (χ1v) is 10.2. The molecule has 6 heteroatoms. The summed E-state index contributed by atoms with van der Waals surface area (Å²) >= 11 is 1.90. The third kappa shape index (κ3) is 5.62. The quantitative estimate of drug-likeness (QED) is 0.364. The Bertz CT molecular complexity index is 535. The van der Waals surface area contributed by atoms with Crippen molar-refractivity contribution in [1.29, 1.82) is 0 Å². The number of ether oxygens (including phenoxy) is 2. The number of benzene rings is 1. The second kappa shape index (κ2) is 10.0. The van der Waals surface area contributed by atoms with Crippen LogP contribution in [0.5, 0.6) is 0 Å². The molecule has 2 saturated heterocycles. The lowest BCUT2D eigenvalue weighted by molar-refractivity contribution is -0.0816. The summed E-state index contributed by atoms with van der Waals surface area (Å²) < 4.78 is 11.7. The van der Waals surface area contributed by atoms with E-state index in [9.17, 15) is 0 Å². The maximum Gasteiger partial charge on any atom is 0.193 e. The Balaban J connectivity index is 1.38. The number of guanidine groups is 1. The van der Waals surface area contributed by atoms with Gasteiger partial charge in [0.15, 0.2) is 5.96 Å². The molecular formula is C19H29N3O2S. The van der Waals surface area contributed by atoms with Gasteiger partial charge in [0.2, 0.25) is 0 Å². The fraction of sp³-hybridized carbons (Fsp3) is 0.632. The molecule has 0 aromatic heterocycles. The van der Waals surface area contributed by atoms with Crippen molar-refractivity contribution in [3.05, 3.63) is 30.3 Å². The molecule has 2 unspecified atom stereocenters. The van der Waals surface area contributed by atoms with Crippen LogP contribution in [0.3, 0.4) is 0 Å². The summed E-state index contributed by atoms with van der Waals surface area (Å²) in [5.41, 5.74) is 0. The van der Waals surface area contributed by atoms with Crippen LogP contribution < -0.4 is 5.32 Å². The van der Waals surface area contributed by atoms with Crippen LogP contribution in [0.4, 0.5) is 0 Å². The van der Waals surface area contributed by atoms with Crippen molar-refractivity contribution in [2.24, 2.45) is 4.99 Å². The number of rotatable bonds is 6. The Morgan fingerprint density at radius 2 is 2.08 bits per heavy atom. The van der Waals surface area contributed by atoms with Gasteiger partial charge in [-0.1, -0.05) is 18.2 Å². The van der Waals surface area contributed by atoms with Gasteiger partial charge in [-0.15, -0.1) is 11.8 Å². The highest BCUT2D eigenvalue weighted by molar-refractivity contribution is 7.99. The Morgan fingerprint density at radius 1 is 1.24 bits per heavy atom. The largest absolute Gasteiger partial charge is 0.375 e. The first-order chi connectivity index (χ1) is 12.4. The number of hydrogen-bond donors (Lipinski definition) is 1. The van der Waals surface area contributed by atoms with Gasteiger partial charge in [0.05, 0.1) is 12.7 Å². The molecule has 1 aromatic rings. The molecule has 2 aliphatic heterocycles. The molecule has 2 fully saturated rings. The first-order valence-electron chi connectivity index (χ1n) is 9.23. The van der Waals surface area contributed by atoms with Crippen molar-refractivity contribution in [2.75, 3.05) is 45.6 Å². The molecule has 2 aliphatic rings. The van der Waals surface area contributed by atoms with E-state index < -0.39 is 0 Å². The van der Waals surface area contributed by atoms with Gasteiger partial charge in [0.25, 0.3) is 0 Å². The van der Waals surface area contributed by atoms with Crippen LogP contribution in [-0.2, 0) is 9.47 Å². The zero-order valence-corrected chi connectivity index (χ0v) is 15.8. The Morgan fingerprint density at radius 3 is 2.84 bits per heavy atom. The summed E-state index contributed by atoms with van der Waals surface area (Å²) in [6, 6.07) is 10.6. The molecule has 2 atom stereocenters. The molecule has 5 nitrogen and oxygen atoms in total. The normalized spacial score (nSPS) is 24.5. The van der Waals surface area contributed by atoms with Crippen molar-refractivity contribution >= 4 is 17.7 Å². The molecule has 138 valence electrons. The summed E-state index contributed by atoms with van der Waals surface area (Å²) in [6.07, 6.45) is 3.79. The molecule has 0 aliphatic carbocycles. The van der Waals surface area contributed by atoms with E-state index in [0.717, 1.165) is 63.8 Å². The van der Waals surface area contributed by atoms with Gasteiger partial charge in [0.1, 0.15) is 6.10 Å². The van der Waals surface area contributed by atoms with Crippen molar-refractivity contribution in [3.8, 4) is 0 Å². The van der Waals surface area contributed by atoms with Crippen molar-refractivity contribution in [1.82, 2.24) is 10.2 Å². The van der Waals surface area contributed by atoms with Gasteiger partial charge >= 0.3 is 0 Å². The van der Waals surface area contributed by atoms with E-state index in [4.69, 9.17) is 9.47 Å². The number of morpholine rings is 1. The van der Waals surface area contributed by atoms with Crippen LogP contribution in [0.2, 0.25) is 0 Å². The highest BCUT2D eigenvalue weighted by Crippen LogP contribution is 2.21. The molecule has 25 heavy (non-hydrogen) atoms. The second-order valence-electron chi connectivity index (χ2n) is 6.40. The maximum atomic E-state index is 5.93. The molecule has 1 aromatic carbocycles. The molecule has 0 saturated carbocycles. The smallest absolute Gasteiger partial charge is 0.193 e. The highest BCUT2D eigenvalue weighted by Gasteiger charge is 2.32. The summed E-state index contributed by atoms with van der Waals surface area (Å²) in [5.74, 6) is 2.09. The zero-order chi connectivity index (χ0) is 17.3. The number of nitrogens with one attached hydrogen (secondary N) is 1. The summed E-state index contributed by atoms with van der Waals surface area (Å²) in [7, 11) is 1.86. The first kappa shape index (κ1) is 18.5. The van der Waals surface area contributed by atoms with Gasteiger partial charge < -0.3 is 19.7 Å². The lowest BCUT2D eigenvalue weighted by Gasteiger charge is -2.37. The zero-order valence-electron chi connectivity index (χ0n) is 15.0. The number of aliphatic imine (C=N–C) groups is 1. The molecule has 3 rings (SSSR count). The van der Waals surface area contributed by atoms with Crippen LogP contribution in [0.1, 0.15) is 19.3 Å². The fourth-order valence-electron chi connectivity index (χ4n) is 3.30. The van der Waals surface area contributed by atoms with Crippen LogP contribution in [0.15, 0.2) is 40.2 Å². The average molecular weight is 364 g/mol. The van der Waals surface area contributed by atoms with Gasteiger partial charge in [0, 0.05) is 38.2 Å². The Kier molecular flexibility index (Phi) is 7.45. The topological polar surface area (TPSA) is 46.1 Å². The van der Waals surface area contributed by atoms with Crippen LogP contribution in [-0.4, -0.2) is 68.7 Å². The number of thioether (sulfide) groups is 1. The van der Waals surface area contributed by atoms with E-state index in [1.54, 1.807) is 0 Å². The molecular weight excluding hydrogens is 334 g/mol. The standard InChI is InChI=1S/C19H29N3O2S/c1-20-19(21-10-6-14-25-16-7-3-2-4-8-16)22-11-13-24-18(15-22)17-9-5-12-23-17/h2-4,7-8,17-18H,5-6,9-15H2,1H3,(H,20,21). The lowest BCUT2D eigenvalue weighted by atomic mass is 10.1. The van der Waals surface area contributed by atoms with Gasteiger partial charge in [-0.05, 0) is 37.1 Å². The molecule has 0 radical (unpaired) electrons. The molecule has 0 bridgehead atoms. The van der Waals surface area contributed by atoms with Gasteiger partial charge in [-0.25, -0.2) is 0 Å². The maximum absolute atomic E-state index is 5.93. The number of hydrogen-bond acceptors (Lipinski definition) is 4. The van der Waals surface area contributed by atoms with E-state index in [1.807, 2.05) is 18.8 Å². The van der Waals surface area contributed by atoms with Crippen LogP contribution in [0.25, 0.3) is 0 Å². The number of nitrogens with zero attached hydrogens (tertiary/aromatic N) is 2. The van der Waals surface area contributed by atoms with E-state index in [-0.39, 0.29) is 12.2 Å². The Hall–Kier alpha value is -1.24. The van der Waals surface area contributed by atoms with Crippen LogP contribution in [0, 0.1) is 0 Å². The van der Waals surface area contributed by atoms with E-state index in [2.05, 4.69) is 45.5 Å². The van der Waals surface area contributed by atoms with Crippen molar-refractivity contribution < 1.29 is 9.47 Å². The molecule has 2 heterocycles. The molecule has 0 amide bonds. The molecule has 1 N–H and O–H groups in total.